The first kappa shape index (κ1) is 34.1. The maximum atomic E-state index is 2.78. The normalized spacial score (nSPS) is 18.9. The summed E-state index contributed by atoms with van der Waals surface area (Å²) in [5, 5.41) is 11.2. The molecule has 0 amide bonds. The van der Waals surface area contributed by atoms with Crippen LogP contribution < -0.4 is 20.7 Å². The zero-order valence-electron chi connectivity index (χ0n) is 32.5. The Bertz CT molecular complexity index is 2760. The minimum absolute atomic E-state index is 0.424. The van der Waals surface area contributed by atoms with Gasteiger partial charge in [0, 0.05) is 0 Å². The molecule has 0 aromatic heterocycles. The van der Waals surface area contributed by atoms with Crippen LogP contribution >= 0.6 is 0 Å². The third kappa shape index (κ3) is 4.55. The molecule has 0 fully saturated rings. The maximum absolute atomic E-state index is 3.33. The third-order valence-electron chi connectivity index (χ3n) is 13.8. The van der Waals surface area contributed by atoms with Gasteiger partial charge in [-0.2, -0.15) is 0 Å². The molecule has 0 radical (unpaired) electrons. The summed E-state index contributed by atoms with van der Waals surface area (Å²) in [5.41, 5.74) is 15.1. The second-order valence-corrected chi connectivity index (χ2v) is 32.4. The molecule has 2 heteroatoms. The van der Waals surface area contributed by atoms with Crippen LogP contribution in [0.15, 0.2) is 193 Å². The molecule has 268 valence electrons. The van der Waals surface area contributed by atoms with Gasteiger partial charge in [0.05, 0.1) is 0 Å². The van der Waals surface area contributed by atoms with E-state index in [9.17, 15) is 0 Å². The quantitative estimate of drug-likeness (QED) is 0.155. The van der Waals surface area contributed by atoms with Gasteiger partial charge in [-0.3, -0.25) is 0 Å². The Labute approximate surface area is 336 Å². The van der Waals surface area contributed by atoms with Gasteiger partial charge in [-0.25, -0.2) is 0 Å². The van der Waals surface area contributed by atoms with Crippen molar-refractivity contribution in [3.63, 3.8) is 0 Å². The molecule has 0 N–H and O–H groups in total. The van der Waals surface area contributed by atoms with Crippen molar-refractivity contribution in [3.8, 4) is 0 Å². The van der Waals surface area contributed by atoms with Gasteiger partial charge < -0.3 is 0 Å². The van der Waals surface area contributed by atoms with Crippen LogP contribution in [0.4, 0.5) is 0 Å². The molecule has 0 saturated heterocycles. The Morgan fingerprint density at radius 3 is 1.21 bits per heavy atom. The third-order valence-corrected chi connectivity index (χ3v) is 29.6. The zero-order valence-corrected chi connectivity index (χ0v) is 35.9. The van der Waals surface area contributed by atoms with E-state index in [1.807, 2.05) is 0 Å². The summed E-state index contributed by atoms with van der Waals surface area (Å²) in [7, 11) is -3.06. The van der Waals surface area contributed by atoms with Crippen molar-refractivity contribution in [2.45, 2.75) is 30.4 Å². The number of rotatable bonds is 4. The number of hydrogen-bond donors (Lipinski definition) is 0. The first-order chi connectivity index (χ1) is 27.4. The summed E-state index contributed by atoms with van der Waals surface area (Å²) in [6, 6.07) is 70.4. The molecular formula is C54H44SiZr. The van der Waals surface area contributed by atoms with E-state index in [4.69, 9.17) is 0 Å². The average Bonchev–Trinajstić information content (AvgIpc) is 3.72. The molecule has 2 unspecified atom stereocenters. The van der Waals surface area contributed by atoms with Crippen LogP contribution in [0.5, 0.6) is 0 Å². The van der Waals surface area contributed by atoms with Gasteiger partial charge >= 0.3 is 339 Å². The molecule has 0 spiro atoms. The summed E-state index contributed by atoms with van der Waals surface area (Å²) in [6.45, 7) is 5.04. The van der Waals surface area contributed by atoms with Crippen molar-refractivity contribution in [1.29, 1.82) is 0 Å². The van der Waals surface area contributed by atoms with E-state index in [-0.39, 0.29) is 0 Å². The fourth-order valence-corrected chi connectivity index (χ4v) is 29.3. The summed E-state index contributed by atoms with van der Waals surface area (Å²) < 4.78 is 6.41. The van der Waals surface area contributed by atoms with Gasteiger partial charge in [-0.1, -0.05) is 0 Å². The van der Waals surface area contributed by atoms with E-state index in [1.54, 1.807) is 22.3 Å². The molecule has 2 aliphatic carbocycles. The molecule has 1 aliphatic heterocycles. The van der Waals surface area contributed by atoms with Gasteiger partial charge in [0.25, 0.3) is 0 Å². The van der Waals surface area contributed by atoms with E-state index >= 15 is 0 Å². The Kier molecular flexibility index (Phi) is 7.73. The van der Waals surface area contributed by atoms with E-state index in [2.05, 4.69) is 205 Å². The molecule has 8 aromatic rings. The average molecular weight is 812 g/mol. The molecule has 11 rings (SSSR count). The monoisotopic (exact) mass is 810 g/mol. The molecule has 2 atom stereocenters. The molecule has 0 nitrogen and oxygen atoms in total. The van der Waals surface area contributed by atoms with Gasteiger partial charge in [0.1, 0.15) is 0 Å². The van der Waals surface area contributed by atoms with E-state index in [0.29, 0.717) is 7.25 Å². The van der Waals surface area contributed by atoms with Gasteiger partial charge in [0.2, 0.25) is 0 Å². The standard InChI is InChI=1S/C52H38Si.2CH3.Zr/c1-35-33-39-21-15-31-47(51(39)49(35)45-29-13-19-37-17-9-11-27-43(37)45)53(41-23-5-3-6-24-41,42-25-7-4-8-26-42)48-32-16-22-40-34-36(2)50(52(40)48)46-30-14-20-38-18-10-12-28-44(38)46;;;/h3-34H,1-2H3;2*1H3;. The zero-order chi connectivity index (χ0) is 37.8. The molecule has 8 bridgehead atoms. The fraction of sp³-hybridized carbons (Fsp3) is 0.111. The second-order valence-electron chi connectivity index (χ2n) is 16.9. The number of benzene rings is 8. The topological polar surface area (TPSA) is 0 Å². The van der Waals surface area contributed by atoms with Crippen molar-refractivity contribution in [2.24, 2.45) is 0 Å². The predicted molar refractivity (Wildman–Crippen MR) is 239 cm³/mol. The molecule has 3 aliphatic rings. The summed E-state index contributed by atoms with van der Waals surface area (Å²) in [6.07, 6.45) is 0. The second kappa shape index (κ2) is 12.7. The van der Waals surface area contributed by atoms with Crippen LogP contribution in [0.25, 0.3) is 32.7 Å². The Hall–Kier alpha value is -5.14. The van der Waals surface area contributed by atoms with Crippen LogP contribution in [0, 0.1) is 0 Å². The fourth-order valence-electron chi connectivity index (χ4n) is 11.9. The van der Waals surface area contributed by atoms with Crippen molar-refractivity contribution >= 4 is 61.5 Å². The Morgan fingerprint density at radius 2 is 0.768 bits per heavy atom. The molecule has 56 heavy (non-hydrogen) atoms. The van der Waals surface area contributed by atoms with Gasteiger partial charge in [-0.05, 0) is 0 Å². The molecule has 0 saturated carbocycles. The molecule has 1 heterocycles. The minimum atomic E-state index is -3.33. The number of fused-ring (bicyclic) bond motifs is 2. The van der Waals surface area contributed by atoms with Crippen molar-refractivity contribution in [1.82, 2.24) is 0 Å². The summed E-state index contributed by atoms with van der Waals surface area (Å²) >= 11 is -3.33. The Morgan fingerprint density at radius 1 is 0.393 bits per heavy atom. The van der Waals surface area contributed by atoms with Crippen molar-refractivity contribution < 1.29 is 20.3 Å². The predicted octanol–water partition coefficient (Wildman–Crippen LogP) is 11.4. The van der Waals surface area contributed by atoms with Crippen molar-refractivity contribution in [2.75, 3.05) is 0 Å². The SMILES string of the molecule is CC1=C(c2cccc3ccccc23)c2c3cccc2[Si](c2ccccc2)(c2ccccc2)c2cccc4c2C(c2cccc5ccccc25)=C(C)[CH]4[Zr]([CH3])([CH3])[CH]13. The van der Waals surface area contributed by atoms with E-state index in [0.717, 1.165) is 0 Å². The summed E-state index contributed by atoms with van der Waals surface area (Å²) in [4.78, 5) is 0. The van der Waals surface area contributed by atoms with Gasteiger partial charge in [0.15, 0.2) is 0 Å². The van der Waals surface area contributed by atoms with Crippen molar-refractivity contribution in [3.05, 3.63) is 227 Å². The van der Waals surface area contributed by atoms with E-state index in [1.165, 1.54) is 75.7 Å². The van der Waals surface area contributed by atoms with Crippen LogP contribution in [0.1, 0.15) is 54.5 Å². The number of allylic oxidation sites excluding steroid dienone is 2. The van der Waals surface area contributed by atoms with Crippen LogP contribution in [0.2, 0.25) is 9.26 Å². The first-order valence-corrected chi connectivity index (χ1v) is 29.9. The first-order valence-electron chi connectivity index (χ1n) is 20.2. The van der Waals surface area contributed by atoms with E-state index < -0.39 is 28.3 Å². The molecular weight excluding hydrogens is 768 g/mol. The number of hydrogen-bond acceptors (Lipinski definition) is 0. The van der Waals surface area contributed by atoms with Crippen LogP contribution in [-0.2, 0) is 20.3 Å². The Balaban J connectivity index is 1.38. The van der Waals surface area contributed by atoms with Crippen LogP contribution in [0.3, 0.4) is 0 Å². The van der Waals surface area contributed by atoms with Gasteiger partial charge in [-0.15, -0.1) is 0 Å². The van der Waals surface area contributed by atoms with Crippen LogP contribution in [-0.4, -0.2) is 8.07 Å². The summed E-state index contributed by atoms with van der Waals surface area (Å²) in [5.74, 6) is 0. The molecule has 8 aromatic carbocycles.